The van der Waals surface area contributed by atoms with Crippen LogP contribution in [0, 0.1) is 6.92 Å². The van der Waals surface area contributed by atoms with Gasteiger partial charge >= 0.3 is 6.09 Å². The summed E-state index contributed by atoms with van der Waals surface area (Å²) in [6, 6.07) is 11.8. The van der Waals surface area contributed by atoms with E-state index in [4.69, 9.17) is 15.2 Å². The van der Waals surface area contributed by atoms with Crippen LogP contribution in [0.1, 0.15) is 38.3 Å². The van der Waals surface area contributed by atoms with E-state index in [1.54, 1.807) is 6.07 Å². The Bertz CT molecular complexity index is 770. The van der Waals surface area contributed by atoms with Gasteiger partial charge in [0, 0.05) is 18.7 Å². The third-order valence-electron chi connectivity index (χ3n) is 3.78. The Kier molecular flexibility index (Phi) is 7.19. The maximum Gasteiger partial charge on any atom is 0.407 e. The smallest absolute Gasteiger partial charge is 0.407 e. The summed E-state index contributed by atoms with van der Waals surface area (Å²) >= 11 is 0. The van der Waals surface area contributed by atoms with Crippen LogP contribution in [0.3, 0.4) is 0 Å². The number of pyridine rings is 1. The molecule has 2 aromatic rings. The van der Waals surface area contributed by atoms with Crippen molar-refractivity contribution in [3.8, 4) is 11.3 Å². The Morgan fingerprint density at radius 1 is 1.19 bits per heavy atom. The number of aryl methyl sites for hydroxylation is 1. The lowest BCUT2D eigenvalue weighted by Crippen LogP contribution is -2.33. The van der Waals surface area contributed by atoms with Crippen LogP contribution in [0.15, 0.2) is 36.4 Å². The first kappa shape index (κ1) is 20.7. The first-order valence-electron chi connectivity index (χ1n) is 9.12. The van der Waals surface area contributed by atoms with Crippen LogP contribution in [-0.4, -0.2) is 29.8 Å². The number of rotatable bonds is 7. The van der Waals surface area contributed by atoms with Crippen molar-refractivity contribution in [2.24, 2.45) is 0 Å². The van der Waals surface area contributed by atoms with Crippen molar-refractivity contribution in [3.63, 3.8) is 0 Å². The second-order valence-corrected chi connectivity index (χ2v) is 7.39. The van der Waals surface area contributed by atoms with Crippen LogP contribution in [0.25, 0.3) is 11.3 Å². The minimum absolute atomic E-state index is 0.406. The molecule has 0 unspecified atom stereocenters. The minimum atomic E-state index is -0.489. The van der Waals surface area contributed by atoms with Crippen LogP contribution in [0.2, 0.25) is 0 Å². The van der Waals surface area contributed by atoms with Crippen molar-refractivity contribution in [1.82, 2.24) is 10.3 Å². The fourth-order valence-electron chi connectivity index (χ4n) is 2.55. The molecule has 0 aliphatic heterocycles. The average Bonchev–Trinajstić information content (AvgIpc) is 2.59. The number of ether oxygens (including phenoxy) is 2. The van der Waals surface area contributed by atoms with Gasteiger partial charge in [0.25, 0.3) is 0 Å². The molecule has 1 heterocycles. The van der Waals surface area contributed by atoms with E-state index in [0.29, 0.717) is 32.0 Å². The first-order chi connectivity index (χ1) is 12.8. The predicted octanol–water partition coefficient (Wildman–Crippen LogP) is 4.07. The van der Waals surface area contributed by atoms with Crippen LogP contribution in [0.5, 0.6) is 0 Å². The molecule has 27 heavy (non-hydrogen) atoms. The van der Waals surface area contributed by atoms with E-state index in [2.05, 4.69) is 10.3 Å². The number of nitrogens with zero attached hydrogens (tertiary/aromatic N) is 1. The molecule has 2 rings (SSSR count). The Balaban J connectivity index is 1.84. The van der Waals surface area contributed by atoms with Gasteiger partial charge in [-0.3, -0.25) is 0 Å². The summed E-state index contributed by atoms with van der Waals surface area (Å²) in [6.45, 7) is 9.04. The minimum Gasteiger partial charge on any atom is -0.444 e. The van der Waals surface area contributed by atoms with Gasteiger partial charge in [-0.15, -0.1) is 0 Å². The summed E-state index contributed by atoms with van der Waals surface area (Å²) in [6.07, 6.45) is 0.299. The number of nitrogens with two attached hydrogens (primary N) is 1. The number of hydrogen-bond donors (Lipinski definition) is 2. The quantitative estimate of drug-likeness (QED) is 0.717. The largest absolute Gasteiger partial charge is 0.444 e. The van der Waals surface area contributed by atoms with Crippen molar-refractivity contribution in [3.05, 3.63) is 47.5 Å². The third kappa shape index (κ3) is 6.90. The molecular formula is C21H29N3O3. The number of carbonyl (C=O) groups is 1. The summed E-state index contributed by atoms with van der Waals surface area (Å²) in [5.74, 6) is 0.500. The van der Waals surface area contributed by atoms with E-state index in [1.165, 1.54) is 0 Å². The average molecular weight is 371 g/mol. The van der Waals surface area contributed by atoms with Crippen LogP contribution in [0.4, 0.5) is 10.6 Å². The maximum atomic E-state index is 11.6. The number of anilines is 1. The lowest BCUT2D eigenvalue weighted by atomic mass is 10.0. The molecule has 1 aromatic carbocycles. The monoisotopic (exact) mass is 371 g/mol. The SMILES string of the molecule is Cc1ccc(N)nc1-c1ccccc1COCCCNC(=O)OC(C)(C)C. The van der Waals surface area contributed by atoms with Crippen molar-refractivity contribution >= 4 is 11.9 Å². The number of alkyl carbamates (subject to hydrolysis) is 1. The highest BCUT2D eigenvalue weighted by Crippen LogP contribution is 2.26. The molecule has 146 valence electrons. The van der Waals surface area contributed by atoms with E-state index in [9.17, 15) is 4.79 Å². The standard InChI is InChI=1S/C21H29N3O3/c1-15-10-11-18(22)24-19(15)17-9-6-5-8-16(17)14-26-13-7-12-23-20(25)27-21(2,3)4/h5-6,8-11H,7,12-14H2,1-4H3,(H2,22,24)(H,23,25). The third-order valence-corrected chi connectivity index (χ3v) is 3.78. The molecule has 0 fully saturated rings. The summed E-state index contributed by atoms with van der Waals surface area (Å²) in [4.78, 5) is 16.1. The summed E-state index contributed by atoms with van der Waals surface area (Å²) in [5, 5.41) is 2.72. The molecule has 1 aromatic heterocycles. The first-order valence-corrected chi connectivity index (χ1v) is 9.12. The second kappa shape index (κ2) is 9.37. The fourth-order valence-corrected chi connectivity index (χ4v) is 2.55. The number of amides is 1. The van der Waals surface area contributed by atoms with E-state index < -0.39 is 11.7 Å². The lowest BCUT2D eigenvalue weighted by molar-refractivity contribution is 0.0518. The van der Waals surface area contributed by atoms with Gasteiger partial charge < -0.3 is 20.5 Å². The highest BCUT2D eigenvalue weighted by molar-refractivity contribution is 5.68. The molecule has 0 atom stereocenters. The molecule has 6 nitrogen and oxygen atoms in total. The van der Waals surface area contributed by atoms with Gasteiger partial charge in [-0.2, -0.15) is 0 Å². The lowest BCUT2D eigenvalue weighted by Gasteiger charge is -2.19. The van der Waals surface area contributed by atoms with Gasteiger partial charge in [0.15, 0.2) is 0 Å². The number of carbonyl (C=O) groups excluding carboxylic acids is 1. The van der Waals surface area contributed by atoms with Gasteiger partial charge in [0.1, 0.15) is 11.4 Å². The molecular weight excluding hydrogens is 342 g/mol. The van der Waals surface area contributed by atoms with E-state index in [-0.39, 0.29) is 0 Å². The molecule has 0 saturated heterocycles. The van der Waals surface area contributed by atoms with Gasteiger partial charge in [-0.05, 0) is 51.3 Å². The molecule has 0 spiro atoms. The Morgan fingerprint density at radius 2 is 1.93 bits per heavy atom. The highest BCUT2D eigenvalue weighted by atomic mass is 16.6. The zero-order valence-corrected chi connectivity index (χ0v) is 16.5. The molecule has 3 N–H and O–H groups in total. The van der Waals surface area contributed by atoms with Crippen LogP contribution in [-0.2, 0) is 16.1 Å². The van der Waals surface area contributed by atoms with Crippen molar-refractivity contribution in [1.29, 1.82) is 0 Å². The van der Waals surface area contributed by atoms with Gasteiger partial charge in [0.2, 0.25) is 0 Å². The topological polar surface area (TPSA) is 86.5 Å². The normalized spacial score (nSPS) is 11.3. The van der Waals surface area contributed by atoms with E-state index in [0.717, 1.165) is 22.4 Å². The number of nitrogen functional groups attached to an aromatic ring is 1. The van der Waals surface area contributed by atoms with Gasteiger partial charge in [-0.25, -0.2) is 9.78 Å². The molecule has 0 aliphatic rings. The molecule has 6 heteroatoms. The van der Waals surface area contributed by atoms with E-state index in [1.807, 2.05) is 58.0 Å². The van der Waals surface area contributed by atoms with Crippen molar-refractivity contribution < 1.29 is 14.3 Å². The Morgan fingerprint density at radius 3 is 2.67 bits per heavy atom. The highest BCUT2D eigenvalue weighted by Gasteiger charge is 2.15. The molecule has 0 saturated carbocycles. The van der Waals surface area contributed by atoms with Crippen LogP contribution >= 0.6 is 0 Å². The Hall–Kier alpha value is -2.60. The zero-order chi connectivity index (χ0) is 19.9. The number of hydrogen-bond acceptors (Lipinski definition) is 5. The predicted molar refractivity (Wildman–Crippen MR) is 107 cm³/mol. The van der Waals surface area contributed by atoms with Crippen molar-refractivity contribution in [2.45, 2.75) is 46.3 Å². The number of aromatic nitrogens is 1. The number of benzene rings is 1. The summed E-state index contributed by atoms with van der Waals surface area (Å²) in [7, 11) is 0. The summed E-state index contributed by atoms with van der Waals surface area (Å²) in [5.41, 5.74) is 9.38. The zero-order valence-electron chi connectivity index (χ0n) is 16.5. The molecule has 1 amide bonds. The maximum absolute atomic E-state index is 11.6. The fraction of sp³-hybridized carbons (Fsp3) is 0.429. The Labute approximate surface area is 161 Å². The second-order valence-electron chi connectivity index (χ2n) is 7.39. The molecule has 0 radical (unpaired) electrons. The summed E-state index contributed by atoms with van der Waals surface area (Å²) < 4.78 is 11.0. The van der Waals surface area contributed by atoms with Gasteiger partial charge in [-0.1, -0.05) is 30.3 Å². The van der Waals surface area contributed by atoms with Crippen molar-refractivity contribution in [2.75, 3.05) is 18.9 Å². The molecule has 0 bridgehead atoms. The number of nitrogens with one attached hydrogen (secondary N) is 1. The van der Waals surface area contributed by atoms with Crippen LogP contribution < -0.4 is 11.1 Å². The van der Waals surface area contributed by atoms with E-state index >= 15 is 0 Å². The van der Waals surface area contributed by atoms with Gasteiger partial charge in [0.05, 0.1) is 12.3 Å². The molecule has 0 aliphatic carbocycles.